The second kappa shape index (κ2) is 9.60. The molecule has 0 saturated heterocycles. The number of amides is 1. The van der Waals surface area contributed by atoms with Crippen LogP contribution in [0.25, 0.3) is 0 Å². The molecule has 0 spiro atoms. The summed E-state index contributed by atoms with van der Waals surface area (Å²) in [6, 6.07) is 19.0. The number of carbonyl (C=O) groups is 1. The first kappa shape index (κ1) is 24.0. The summed E-state index contributed by atoms with van der Waals surface area (Å²) in [6.07, 6.45) is 0. The Morgan fingerprint density at radius 1 is 0.971 bits per heavy atom. The Labute approximate surface area is 201 Å². The van der Waals surface area contributed by atoms with Crippen molar-refractivity contribution < 1.29 is 17.9 Å². The second-order valence-corrected chi connectivity index (χ2v) is 10.7. The highest BCUT2D eigenvalue weighted by Crippen LogP contribution is 2.30. The highest BCUT2D eigenvalue weighted by molar-refractivity contribution is 7.89. The molecular formula is C27H30N2O4S. The Bertz CT molecular complexity index is 1320. The van der Waals surface area contributed by atoms with E-state index in [4.69, 9.17) is 4.74 Å². The molecule has 1 aliphatic heterocycles. The maximum absolute atomic E-state index is 13.5. The molecule has 0 atom stereocenters. The molecule has 0 saturated carbocycles. The van der Waals surface area contributed by atoms with Gasteiger partial charge in [-0.05, 0) is 67.8 Å². The van der Waals surface area contributed by atoms with Crippen LogP contribution in [0.4, 0.5) is 5.69 Å². The van der Waals surface area contributed by atoms with E-state index in [1.165, 1.54) is 4.31 Å². The third kappa shape index (κ3) is 5.00. The molecule has 0 fully saturated rings. The van der Waals surface area contributed by atoms with Gasteiger partial charge in [0.25, 0.3) is 0 Å². The van der Waals surface area contributed by atoms with Crippen LogP contribution in [-0.4, -0.2) is 31.8 Å². The van der Waals surface area contributed by atoms with Crippen LogP contribution in [0.1, 0.15) is 34.7 Å². The molecule has 0 aliphatic carbocycles. The number of hydrogen-bond donors (Lipinski definition) is 0. The predicted molar refractivity (Wildman–Crippen MR) is 133 cm³/mol. The van der Waals surface area contributed by atoms with Crippen molar-refractivity contribution in [1.29, 1.82) is 0 Å². The average molecular weight is 479 g/mol. The molecule has 178 valence electrons. The second-order valence-electron chi connectivity index (χ2n) is 8.84. The number of sulfonamides is 1. The van der Waals surface area contributed by atoms with Crippen LogP contribution in [0.15, 0.2) is 65.6 Å². The number of aryl methyl sites for hydroxylation is 3. The van der Waals surface area contributed by atoms with Gasteiger partial charge in [-0.25, -0.2) is 8.42 Å². The van der Waals surface area contributed by atoms with E-state index in [2.05, 4.69) is 0 Å². The van der Waals surface area contributed by atoms with Crippen molar-refractivity contribution in [2.75, 3.05) is 18.1 Å². The summed E-state index contributed by atoms with van der Waals surface area (Å²) in [5.74, 6) is 0.612. The van der Waals surface area contributed by atoms with Gasteiger partial charge in [-0.15, -0.1) is 0 Å². The normalized spacial score (nSPS) is 14.1. The molecule has 4 rings (SSSR count). The van der Waals surface area contributed by atoms with Crippen LogP contribution in [0.2, 0.25) is 0 Å². The van der Waals surface area contributed by atoms with E-state index in [1.54, 1.807) is 17.9 Å². The zero-order valence-electron chi connectivity index (χ0n) is 20.0. The van der Waals surface area contributed by atoms with E-state index in [9.17, 15) is 13.2 Å². The largest absolute Gasteiger partial charge is 0.492 e. The fourth-order valence-electron chi connectivity index (χ4n) is 4.14. The van der Waals surface area contributed by atoms with Crippen LogP contribution < -0.4 is 9.64 Å². The summed E-state index contributed by atoms with van der Waals surface area (Å²) in [4.78, 5) is 14.4. The van der Waals surface area contributed by atoms with Crippen LogP contribution >= 0.6 is 0 Å². The van der Waals surface area contributed by atoms with Gasteiger partial charge in [-0.2, -0.15) is 4.31 Å². The molecule has 1 aliphatic rings. The van der Waals surface area contributed by atoms with Crippen molar-refractivity contribution in [1.82, 2.24) is 4.31 Å². The van der Waals surface area contributed by atoms with Gasteiger partial charge in [0.05, 0.1) is 11.4 Å². The SMILES string of the molecule is CC(=O)N(Cc1ccc2c(c1)CN(S(=O)(=O)c1cc(C)ccc1C)CCO2)c1ccc(C)cc1. The van der Waals surface area contributed by atoms with Gasteiger partial charge < -0.3 is 9.64 Å². The minimum atomic E-state index is -3.69. The standard InChI is InChI=1S/C27H30N2O4S/c1-19-6-10-25(11-7-19)29(22(4)30)17-23-9-12-26-24(16-23)18-28(13-14-33-26)34(31,32)27-15-20(2)5-8-21(27)3/h5-12,15-16H,13-14,17-18H2,1-4H3. The summed E-state index contributed by atoms with van der Waals surface area (Å²) in [6.45, 7) is 8.40. The lowest BCUT2D eigenvalue weighted by molar-refractivity contribution is -0.116. The number of anilines is 1. The molecule has 0 unspecified atom stereocenters. The lowest BCUT2D eigenvalue weighted by Crippen LogP contribution is -2.33. The Kier molecular flexibility index (Phi) is 6.77. The molecular weight excluding hydrogens is 448 g/mol. The van der Waals surface area contributed by atoms with Crippen LogP contribution in [0.3, 0.4) is 0 Å². The number of carbonyl (C=O) groups excluding carboxylic acids is 1. The van der Waals surface area contributed by atoms with Gasteiger partial charge >= 0.3 is 0 Å². The van der Waals surface area contributed by atoms with Crippen molar-refractivity contribution in [3.63, 3.8) is 0 Å². The Morgan fingerprint density at radius 3 is 2.38 bits per heavy atom. The van der Waals surface area contributed by atoms with Gasteiger partial charge in [0.1, 0.15) is 12.4 Å². The molecule has 34 heavy (non-hydrogen) atoms. The van der Waals surface area contributed by atoms with Crippen molar-refractivity contribution in [3.05, 3.63) is 88.5 Å². The first-order valence-corrected chi connectivity index (χ1v) is 12.8. The third-order valence-electron chi connectivity index (χ3n) is 6.10. The van der Waals surface area contributed by atoms with Gasteiger partial charge in [0.15, 0.2) is 0 Å². The lowest BCUT2D eigenvalue weighted by atomic mass is 10.1. The molecule has 1 heterocycles. The van der Waals surface area contributed by atoms with Gasteiger partial charge in [-0.3, -0.25) is 4.79 Å². The fraction of sp³-hybridized carbons (Fsp3) is 0.296. The van der Waals surface area contributed by atoms with E-state index in [1.807, 2.05) is 75.4 Å². The number of rotatable bonds is 5. The summed E-state index contributed by atoms with van der Waals surface area (Å²) >= 11 is 0. The molecule has 0 radical (unpaired) electrons. The third-order valence-corrected chi connectivity index (χ3v) is 8.08. The molecule has 0 N–H and O–H groups in total. The van der Waals surface area contributed by atoms with E-state index >= 15 is 0 Å². The zero-order chi connectivity index (χ0) is 24.5. The molecule has 3 aromatic rings. The average Bonchev–Trinajstić information content (AvgIpc) is 3.02. The zero-order valence-corrected chi connectivity index (χ0v) is 20.9. The summed E-state index contributed by atoms with van der Waals surface area (Å²) in [7, 11) is -3.69. The van der Waals surface area contributed by atoms with Crippen molar-refractivity contribution in [2.24, 2.45) is 0 Å². The monoisotopic (exact) mass is 478 g/mol. The van der Waals surface area contributed by atoms with Crippen molar-refractivity contribution >= 4 is 21.6 Å². The summed E-state index contributed by atoms with van der Waals surface area (Å²) < 4.78 is 34.4. The van der Waals surface area contributed by atoms with Crippen molar-refractivity contribution in [2.45, 2.75) is 45.7 Å². The summed E-state index contributed by atoms with van der Waals surface area (Å²) in [5.41, 5.74) is 5.27. The van der Waals surface area contributed by atoms with Gasteiger partial charge in [0, 0.05) is 31.3 Å². The number of ether oxygens (including phenoxy) is 1. The van der Waals surface area contributed by atoms with Crippen LogP contribution in [-0.2, 0) is 27.9 Å². The van der Waals surface area contributed by atoms with Crippen molar-refractivity contribution in [3.8, 4) is 5.75 Å². The molecule has 0 aromatic heterocycles. The van der Waals surface area contributed by atoms with Crippen LogP contribution in [0, 0.1) is 20.8 Å². The maximum atomic E-state index is 13.5. The van der Waals surface area contributed by atoms with E-state index in [0.29, 0.717) is 17.2 Å². The van der Waals surface area contributed by atoms with Gasteiger partial charge in [-0.1, -0.05) is 35.9 Å². The fourth-order valence-corrected chi connectivity index (χ4v) is 5.86. The maximum Gasteiger partial charge on any atom is 0.243 e. The minimum Gasteiger partial charge on any atom is -0.492 e. The predicted octanol–water partition coefficient (Wildman–Crippen LogP) is 4.75. The molecule has 1 amide bonds. The Balaban J connectivity index is 1.63. The molecule has 6 nitrogen and oxygen atoms in total. The van der Waals surface area contributed by atoms with Crippen LogP contribution in [0.5, 0.6) is 5.75 Å². The minimum absolute atomic E-state index is 0.0610. The first-order chi connectivity index (χ1) is 16.1. The van der Waals surface area contributed by atoms with E-state index < -0.39 is 10.0 Å². The first-order valence-electron chi connectivity index (χ1n) is 11.3. The topological polar surface area (TPSA) is 66.9 Å². The number of hydrogen-bond acceptors (Lipinski definition) is 4. The van der Waals surface area contributed by atoms with E-state index in [0.717, 1.165) is 33.5 Å². The molecule has 7 heteroatoms. The van der Waals surface area contributed by atoms with Gasteiger partial charge in [0.2, 0.25) is 15.9 Å². The lowest BCUT2D eigenvalue weighted by Gasteiger charge is -2.23. The summed E-state index contributed by atoms with van der Waals surface area (Å²) in [5, 5.41) is 0. The number of benzene rings is 3. The molecule has 3 aromatic carbocycles. The Morgan fingerprint density at radius 2 is 1.68 bits per heavy atom. The highest BCUT2D eigenvalue weighted by Gasteiger charge is 2.29. The Hall–Kier alpha value is -3.16. The molecule has 0 bridgehead atoms. The van der Waals surface area contributed by atoms with E-state index in [-0.39, 0.29) is 25.6 Å². The number of nitrogens with zero attached hydrogens (tertiary/aromatic N) is 2. The quantitative estimate of drug-likeness (QED) is 0.531. The number of fused-ring (bicyclic) bond motifs is 1. The highest BCUT2D eigenvalue weighted by atomic mass is 32.2. The smallest absolute Gasteiger partial charge is 0.243 e.